The number of H-pyrrole nitrogens is 1. The Labute approximate surface area is 97.2 Å². The van der Waals surface area contributed by atoms with Gasteiger partial charge in [-0.15, -0.1) is 15.3 Å². The molecule has 2 heterocycles. The Balaban J connectivity index is 1.73. The first kappa shape index (κ1) is 11.6. The van der Waals surface area contributed by atoms with E-state index in [0.717, 1.165) is 5.69 Å². The fourth-order valence-corrected chi connectivity index (χ4v) is 1.32. The third-order valence-corrected chi connectivity index (χ3v) is 2.11. The maximum Gasteiger partial charge on any atom is 0.188 e. The number of hydrogen-bond donors (Lipinski definition) is 3. The van der Waals surface area contributed by atoms with E-state index in [9.17, 15) is 0 Å². The molecule has 17 heavy (non-hydrogen) atoms. The van der Waals surface area contributed by atoms with Crippen LogP contribution in [0.4, 0.5) is 0 Å². The lowest BCUT2D eigenvalue weighted by Gasteiger charge is -1.97. The van der Waals surface area contributed by atoms with Crippen LogP contribution in [-0.2, 0) is 19.6 Å². The van der Waals surface area contributed by atoms with Gasteiger partial charge in [0.15, 0.2) is 5.82 Å². The lowest BCUT2D eigenvalue weighted by atomic mass is 10.4. The predicted molar refractivity (Wildman–Crippen MR) is 56.4 cm³/mol. The van der Waals surface area contributed by atoms with Gasteiger partial charge in [-0.05, 0) is 6.42 Å². The van der Waals surface area contributed by atoms with Crippen molar-refractivity contribution in [2.75, 3.05) is 6.61 Å². The van der Waals surface area contributed by atoms with Crippen LogP contribution in [-0.4, -0.2) is 47.3 Å². The summed E-state index contributed by atoms with van der Waals surface area (Å²) in [5, 5.41) is 33.2. The third-order valence-electron chi connectivity index (χ3n) is 2.11. The molecule has 0 bridgehead atoms. The van der Waals surface area contributed by atoms with Crippen LogP contribution in [0.5, 0.6) is 0 Å². The van der Waals surface area contributed by atoms with Crippen molar-refractivity contribution in [1.29, 1.82) is 0 Å². The van der Waals surface area contributed by atoms with E-state index in [-0.39, 0.29) is 6.61 Å². The van der Waals surface area contributed by atoms with E-state index in [1.54, 1.807) is 4.68 Å². The minimum Gasteiger partial charge on any atom is -0.396 e. The Kier molecular flexibility index (Phi) is 4.11. The van der Waals surface area contributed by atoms with Gasteiger partial charge in [0.1, 0.15) is 0 Å². The van der Waals surface area contributed by atoms with Crippen molar-refractivity contribution in [3.8, 4) is 0 Å². The van der Waals surface area contributed by atoms with Crippen molar-refractivity contribution in [2.24, 2.45) is 0 Å². The Hall–Kier alpha value is -1.87. The minimum atomic E-state index is 0.158. The van der Waals surface area contributed by atoms with Gasteiger partial charge in [-0.2, -0.15) is 5.21 Å². The molecular weight excluding hydrogens is 224 g/mol. The lowest BCUT2D eigenvalue weighted by molar-refractivity contribution is 0.276. The van der Waals surface area contributed by atoms with Gasteiger partial charge in [0.05, 0.1) is 12.2 Å². The first-order chi connectivity index (χ1) is 8.38. The number of aromatic amines is 1. The number of aliphatic hydroxyl groups excluding tert-OH is 1. The van der Waals surface area contributed by atoms with E-state index < -0.39 is 0 Å². The third kappa shape index (κ3) is 3.57. The second-order valence-corrected chi connectivity index (χ2v) is 3.48. The molecule has 0 radical (unpaired) electrons. The average molecular weight is 238 g/mol. The zero-order chi connectivity index (χ0) is 11.9. The first-order valence-electron chi connectivity index (χ1n) is 5.31. The highest BCUT2D eigenvalue weighted by Gasteiger charge is 2.01. The van der Waals surface area contributed by atoms with Gasteiger partial charge in [-0.1, -0.05) is 10.4 Å². The molecule has 0 unspecified atom stereocenters. The summed E-state index contributed by atoms with van der Waals surface area (Å²) >= 11 is 0. The standard InChI is InChI=1S/C8H14N8O/c17-3-1-2-16-6-7(10-15-16)4-9-5-8-11-13-14-12-8/h6,9,17H,1-5H2,(H,11,12,13,14). The van der Waals surface area contributed by atoms with E-state index in [2.05, 4.69) is 36.3 Å². The number of aliphatic hydroxyl groups is 1. The molecule has 0 fully saturated rings. The van der Waals surface area contributed by atoms with Crippen molar-refractivity contribution >= 4 is 0 Å². The number of nitrogens with one attached hydrogen (secondary N) is 2. The molecule has 0 saturated heterocycles. The van der Waals surface area contributed by atoms with Crippen LogP contribution in [0.1, 0.15) is 17.9 Å². The van der Waals surface area contributed by atoms with Gasteiger partial charge in [-0.3, -0.25) is 4.68 Å². The van der Waals surface area contributed by atoms with E-state index in [1.807, 2.05) is 6.20 Å². The van der Waals surface area contributed by atoms with Crippen LogP contribution >= 0.6 is 0 Å². The van der Waals surface area contributed by atoms with Crippen molar-refractivity contribution in [3.63, 3.8) is 0 Å². The minimum absolute atomic E-state index is 0.158. The average Bonchev–Trinajstić information content (AvgIpc) is 2.98. The molecule has 0 amide bonds. The smallest absolute Gasteiger partial charge is 0.188 e. The first-order valence-corrected chi connectivity index (χ1v) is 5.31. The summed E-state index contributed by atoms with van der Waals surface area (Å²) in [7, 11) is 0. The van der Waals surface area contributed by atoms with E-state index >= 15 is 0 Å². The number of aromatic nitrogens is 7. The molecule has 0 spiro atoms. The molecule has 2 aromatic heterocycles. The molecule has 3 N–H and O–H groups in total. The molecule has 9 nitrogen and oxygen atoms in total. The number of aryl methyl sites for hydroxylation is 1. The summed E-state index contributed by atoms with van der Waals surface area (Å²) in [6.07, 6.45) is 2.53. The number of rotatable bonds is 7. The zero-order valence-corrected chi connectivity index (χ0v) is 9.24. The van der Waals surface area contributed by atoms with Crippen molar-refractivity contribution in [2.45, 2.75) is 26.1 Å². The van der Waals surface area contributed by atoms with Crippen molar-refractivity contribution < 1.29 is 5.11 Å². The van der Waals surface area contributed by atoms with Crippen LogP contribution < -0.4 is 5.32 Å². The molecule has 0 aromatic carbocycles. The number of nitrogens with zero attached hydrogens (tertiary/aromatic N) is 6. The zero-order valence-electron chi connectivity index (χ0n) is 9.24. The molecule has 2 aromatic rings. The Morgan fingerprint density at radius 1 is 1.35 bits per heavy atom. The number of hydrogen-bond acceptors (Lipinski definition) is 7. The maximum absolute atomic E-state index is 8.68. The fourth-order valence-electron chi connectivity index (χ4n) is 1.32. The highest BCUT2D eigenvalue weighted by Crippen LogP contribution is 1.94. The SMILES string of the molecule is OCCCn1cc(CNCc2nn[nH]n2)nn1. The quantitative estimate of drug-likeness (QED) is 0.535. The second-order valence-electron chi connectivity index (χ2n) is 3.48. The summed E-state index contributed by atoms with van der Waals surface area (Å²) < 4.78 is 1.71. The Morgan fingerprint density at radius 3 is 3.06 bits per heavy atom. The monoisotopic (exact) mass is 238 g/mol. The molecule has 92 valence electrons. The van der Waals surface area contributed by atoms with Crippen molar-refractivity contribution in [1.82, 2.24) is 40.9 Å². The molecule has 0 aliphatic carbocycles. The van der Waals surface area contributed by atoms with Crippen LogP contribution in [0.3, 0.4) is 0 Å². The molecule has 0 atom stereocenters. The van der Waals surface area contributed by atoms with Crippen LogP contribution in [0.2, 0.25) is 0 Å². The second kappa shape index (κ2) is 6.01. The molecule has 0 aliphatic heterocycles. The van der Waals surface area contributed by atoms with E-state index in [0.29, 0.717) is 31.9 Å². The van der Waals surface area contributed by atoms with Gasteiger partial charge in [-0.25, -0.2) is 0 Å². The lowest BCUT2D eigenvalue weighted by Crippen LogP contribution is -2.14. The van der Waals surface area contributed by atoms with Crippen LogP contribution in [0.15, 0.2) is 6.20 Å². The van der Waals surface area contributed by atoms with Gasteiger partial charge >= 0.3 is 0 Å². The van der Waals surface area contributed by atoms with Crippen molar-refractivity contribution in [3.05, 3.63) is 17.7 Å². The highest BCUT2D eigenvalue weighted by atomic mass is 16.3. The summed E-state index contributed by atoms with van der Waals surface area (Å²) in [5.41, 5.74) is 0.839. The molecule has 2 rings (SSSR count). The topological polar surface area (TPSA) is 117 Å². The number of tetrazole rings is 1. The summed E-state index contributed by atoms with van der Waals surface area (Å²) in [5.74, 6) is 0.609. The summed E-state index contributed by atoms with van der Waals surface area (Å²) in [4.78, 5) is 0. The summed E-state index contributed by atoms with van der Waals surface area (Å²) in [6, 6.07) is 0. The van der Waals surface area contributed by atoms with Crippen LogP contribution in [0, 0.1) is 0 Å². The fraction of sp³-hybridized carbons (Fsp3) is 0.625. The predicted octanol–water partition coefficient (Wildman–Crippen LogP) is -1.54. The molecule has 0 aliphatic rings. The van der Waals surface area contributed by atoms with Gasteiger partial charge in [0.2, 0.25) is 0 Å². The van der Waals surface area contributed by atoms with Gasteiger partial charge in [0, 0.05) is 25.9 Å². The molecular formula is C8H14N8O. The Morgan fingerprint density at radius 2 is 2.29 bits per heavy atom. The Bertz CT molecular complexity index is 424. The largest absolute Gasteiger partial charge is 0.396 e. The van der Waals surface area contributed by atoms with E-state index in [1.165, 1.54) is 0 Å². The van der Waals surface area contributed by atoms with E-state index in [4.69, 9.17) is 5.11 Å². The summed E-state index contributed by atoms with van der Waals surface area (Å²) in [6.45, 7) is 1.95. The van der Waals surface area contributed by atoms with Gasteiger partial charge in [0.25, 0.3) is 0 Å². The molecule has 9 heteroatoms. The molecule has 0 saturated carbocycles. The maximum atomic E-state index is 8.68. The normalized spacial score (nSPS) is 10.9. The van der Waals surface area contributed by atoms with Crippen LogP contribution in [0.25, 0.3) is 0 Å². The van der Waals surface area contributed by atoms with Gasteiger partial charge < -0.3 is 10.4 Å². The highest BCUT2D eigenvalue weighted by molar-refractivity contribution is 4.92.